The summed E-state index contributed by atoms with van der Waals surface area (Å²) in [5, 5.41) is 55.9. The molecule has 0 amide bonds. The summed E-state index contributed by atoms with van der Waals surface area (Å²) in [5.74, 6) is 0.763. The van der Waals surface area contributed by atoms with Gasteiger partial charge in [-0.05, 0) is 79.4 Å². The molecular formula is C38H32O8. The van der Waals surface area contributed by atoms with Crippen molar-refractivity contribution in [3.8, 4) is 57.1 Å². The zero-order chi connectivity index (χ0) is 32.1. The third-order valence-electron chi connectivity index (χ3n) is 9.52. The summed E-state index contributed by atoms with van der Waals surface area (Å²) in [6, 6.07) is 19.9. The Bertz CT molecular complexity index is 2210. The molecule has 232 valence electrons. The molecule has 8 rings (SSSR count). The molecule has 5 N–H and O–H groups in total. The van der Waals surface area contributed by atoms with E-state index >= 15 is 0 Å². The first kappa shape index (κ1) is 28.0. The Morgan fingerprint density at radius 1 is 0.652 bits per heavy atom. The molecule has 8 nitrogen and oxygen atoms in total. The highest BCUT2D eigenvalue weighted by Crippen LogP contribution is 2.62. The maximum Gasteiger partial charge on any atom is 0.138 e. The molecule has 0 saturated heterocycles. The number of phenolic OH excluding ortho intramolecular Hbond substituents is 5. The van der Waals surface area contributed by atoms with Crippen LogP contribution in [-0.4, -0.2) is 25.5 Å². The number of benzene rings is 4. The standard InChI is InChI=1S/C38H32O8/c1-18-8-25-34-26(41)11-22(30-13-20-5-7-24(40)16-32(20)45-30)14-33(34)46-37(36(25)38(2,3)17-18)35-27(42)9-21(10-28(35)43)29-12-19-4-6-23(39)15-31(19)44-29/h4-16,25,36-37,39-43H,17H2,1-3H3. The van der Waals surface area contributed by atoms with Gasteiger partial charge in [-0.3, -0.25) is 0 Å². The van der Waals surface area contributed by atoms with Crippen molar-refractivity contribution in [3.05, 3.63) is 95.6 Å². The highest BCUT2D eigenvalue weighted by molar-refractivity contribution is 5.85. The van der Waals surface area contributed by atoms with E-state index in [0.717, 1.165) is 17.2 Å². The zero-order valence-electron chi connectivity index (χ0n) is 25.4. The van der Waals surface area contributed by atoms with Crippen molar-refractivity contribution in [2.24, 2.45) is 11.3 Å². The van der Waals surface area contributed by atoms with Crippen LogP contribution in [0.2, 0.25) is 0 Å². The van der Waals surface area contributed by atoms with Crippen molar-refractivity contribution in [3.63, 3.8) is 0 Å². The van der Waals surface area contributed by atoms with Crippen LogP contribution < -0.4 is 4.74 Å². The summed E-state index contributed by atoms with van der Waals surface area (Å²) in [4.78, 5) is 0. The molecule has 0 saturated carbocycles. The number of phenols is 5. The van der Waals surface area contributed by atoms with E-state index < -0.39 is 6.10 Å². The first-order valence-corrected chi connectivity index (χ1v) is 15.2. The highest BCUT2D eigenvalue weighted by Gasteiger charge is 2.51. The van der Waals surface area contributed by atoms with Gasteiger partial charge in [0.25, 0.3) is 0 Å². The van der Waals surface area contributed by atoms with Crippen LogP contribution in [0, 0.1) is 11.3 Å². The van der Waals surface area contributed by atoms with E-state index in [1.54, 1.807) is 48.5 Å². The lowest BCUT2D eigenvalue weighted by atomic mass is 9.59. The van der Waals surface area contributed by atoms with Crippen LogP contribution in [0.15, 0.2) is 93.3 Å². The van der Waals surface area contributed by atoms with Crippen LogP contribution in [-0.2, 0) is 0 Å². The summed E-state index contributed by atoms with van der Waals surface area (Å²) in [5.41, 5.74) is 3.80. The van der Waals surface area contributed by atoms with Crippen LogP contribution >= 0.6 is 0 Å². The van der Waals surface area contributed by atoms with Crippen molar-refractivity contribution in [1.82, 2.24) is 0 Å². The average Bonchev–Trinajstić information content (AvgIpc) is 3.59. The van der Waals surface area contributed by atoms with E-state index in [2.05, 4.69) is 26.8 Å². The minimum absolute atomic E-state index is 0.0608. The lowest BCUT2D eigenvalue weighted by molar-refractivity contribution is 0.0140. The molecule has 46 heavy (non-hydrogen) atoms. The van der Waals surface area contributed by atoms with Crippen LogP contribution in [0.3, 0.4) is 0 Å². The maximum absolute atomic E-state index is 11.5. The van der Waals surface area contributed by atoms with Crippen molar-refractivity contribution >= 4 is 21.9 Å². The molecule has 6 aromatic rings. The number of hydrogen-bond acceptors (Lipinski definition) is 8. The fourth-order valence-electron chi connectivity index (χ4n) is 7.67. The minimum Gasteiger partial charge on any atom is -0.508 e. The molecule has 3 heterocycles. The molecule has 1 aliphatic heterocycles. The molecule has 8 heteroatoms. The van der Waals surface area contributed by atoms with Gasteiger partial charge in [0, 0.05) is 51.4 Å². The summed E-state index contributed by atoms with van der Waals surface area (Å²) in [6.07, 6.45) is 2.17. The van der Waals surface area contributed by atoms with Gasteiger partial charge in [0.05, 0.1) is 5.56 Å². The molecule has 3 atom stereocenters. The molecule has 0 spiro atoms. The SMILES string of the molecule is CC1=CC2c3c(O)cc(-c4cc5ccc(O)cc5o4)cc3OC(c3c(O)cc(-c4cc5ccc(O)cc5o4)cc3O)C2C(C)(C)C1. The summed E-state index contributed by atoms with van der Waals surface area (Å²) >= 11 is 0. The van der Waals surface area contributed by atoms with Gasteiger partial charge in [0.2, 0.25) is 0 Å². The first-order valence-electron chi connectivity index (χ1n) is 15.2. The van der Waals surface area contributed by atoms with E-state index in [-0.39, 0.29) is 51.6 Å². The third kappa shape index (κ3) is 4.35. The fraction of sp³-hybridized carbons (Fsp3) is 0.211. The Morgan fingerprint density at radius 2 is 1.17 bits per heavy atom. The Balaban J connectivity index is 1.26. The van der Waals surface area contributed by atoms with Crippen LogP contribution in [0.1, 0.15) is 50.3 Å². The monoisotopic (exact) mass is 616 g/mol. The number of ether oxygens (including phenoxy) is 1. The number of allylic oxidation sites excluding steroid dienone is 2. The molecule has 3 unspecified atom stereocenters. The number of aromatic hydroxyl groups is 5. The normalized spacial score (nSPS) is 20.2. The van der Waals surface area contributed by atoms with Crippen molar-refractivity contribution in [2.75, 3.05) is 0 Å². The third-order valence-corrected chi connectivity index (χ3v) is 9.52. The first-order chi connectivity index (χ1) is 21.9. The second-order valence-electron chi connectivity index (χ2n) is 13.3. The molecule has 0 radical (unpaired) electrons. The maximum atomic E-state index is 11.5. The molecule has 0 fully saturated rings. The van der Waals surface area contributed by atoms with Gasteiger partial charge in [0.1, 0.15) is 63.3 Å². The van der Waals surface area contributed by atoms with Gasteiger partial charge in [0.15, 0.2) is 0 Å². The van der Waals surface area contributed by atoms with Gasteiger partial charge < -0.3 is 39.1 Å². The fourth-order valence-corrected chi connectivity index (χ4v) is 7.67. The lowest BCUT2D eigenvalue weighted by Crippen LogP contribution is -2.41. The zero-order valence-corrected chi connectivity index (χ0v) is 25.4. The second kappa shape index (κ2) is 9.75. The van der Waals surface area contributed by atoms with E-state index in [1.165, 1.54) is 17.7 Å². The van der Waals surface area contributed by atoms with Crippen molar-refractivity contribution in [1.29, 1.82) is 0 Å². The van der Waals surface area contributed by atoms with Crippen molar-refractivity contribution in [2.45, 2.75) is 39.2 Å². The Labute approximate surface area is 264 Å². The number of fused-ring (bicyclic) bond motifs is 5. The lowest BCUT2D eigenvalue weighted by Gasteiger charge is -2.50. The van der Waals surface area contributed by atoms with Crippen molar-refractivity contribution < 1.29 is 39.1 Å². The van der Waals surface area contributed by atoms with Gasteiger partial charge in [-0.15, -0.1) is 0 Å². The van der Waals surface area contributed by atoms with Gasteiger partial charge in [-0.1, -0.05) is 25.5 Å². The quantitative estimate of drug-likeness (QED) is 0.124. The van der Waals surface area contributed by atoms with Gasteiger partial charge in [-0.25, -0.2) is 0 Å². The minimum atomic E-state index is -0.763. The second-order valence-corrected chi connectivity index (χ2v) is 13.3. The van der Waals surface area contributed by atoms with Gasteiger partial charge >= 0.3 is 0 Å². The molecule has 2 aromatic heterocycles. The molecule has 4 aromatic carbocycles. The number of furan rings is 2. The van der Waals surface area contributed by atoms with E-state index in [9.17, 15) is 25.5 Å². The smallest absolute Gasteiger partial charge is 0.138 e. The average molecular weight is 617 g/mol. The van der Waals surface area contributed by atoms with Crippen LogP contribution in [0.5, 0.6) is 34.5 Å². The Kier molecular flexibility index (Phi) is 5.93. The van der Waals surface area contributed by atoms with E-state index in [1.807, 2.05) is 12.1 Å². The molecular weight excluding hydrogens is 584 g/mol. The molecule has 1 aliphatic carbocycles. The Hall–Kier alpha value is -5.50. The topological polar surface area (TPSA) is 137 Å². The summed E-state index contributed by atoms with van der Waals surface area (Å²) in [7, 11) is 0. The predicted molar refractivity (Wildman–Crippen MR) is 173 cm³/mol. The summed E-state index contributed by atoms with van der Waals surface area (Å²) < 4.78 is 18.7. The number of hydrogen-bond donors (Lipinski definition) is 5. The molecule has 2 aliphatic rings. The molecule has 0 bridgehead atoms. The summed E-state index contributed by atoms with van der Waals surface area (Å²) in [6.45, 7) is 6.36. The van der Waals surface area contributed by atoms with Crippen LogP contribution in [0.25, 0.3) is 44.6 Å². The van der Waals surface area contributed by atoms with E-state index in [4.69, 9.17) is 13.6 Å². The predicted octanol–water partition coefficient (Wildman–Crippen LogP) is 9.25. The highest BCUT2D eigenvalue weighted by atomic mass is 16.5. The van der Waals surface area contributed by atoms with Gasteiger partial charge in [-0.2, -0.15) is 0 Å². The number of rotatable bonds is 3. The Morgan fingerprint density at radius 3 is 1.74 bits per heavy atom. The van der Waals surface area contributed by atoms with E-state index in [0.29, 0.717) is 45.1 Å². The van der Waals surface area contributed by atoms with Crippen LogP contribution in [0.4, 0.5) is 0 Å². The largest absolute Gasteiger partial charge is 0.508 e.